The van der Waals surface area contributed by atoms with Crippen LogP contribution in [0.2, 0.25) is 0 Å². The van der Waals surface area contributed by atoms with Crippen molar-refractivity contribution in [3.63, 3.8) is 0 Å². The summed E-state index contributed by atoms with van der Waals surface area (Å²) in [6.07, 6.45) is 6.55. The van der Waals surface area contributed by atoms with Crippen molar-refractivity contribution < 1.29 is 4.79 Å². The van der Waals surface area contributed by atoms with Crippen LogP contribution in [0.4, 0.5) is 0 Å². The van der Waals surface area contributed by atoms with E-state index in [9.17, 15) is 4.79 Å². The van der Waals surface area contributed by atoms with Crippen LogP contribution in [0.25, 0.3) is 0 Å². The zero-order valence-electron chi connectivity index (χ0n) is 8.84. The number of nitrogens with two attached hydrogens (primary N) is 1. The van der Waals surface area contributed by atoms with Gasteiger partial charge in [0.1, 0.15) is 0 Å². The average Bonchev–Trinajstić information content (AvgIpc) is 2.70. The molecule has 0 radical (unpaired) electrons. The molecule has 0 aromatic carbocycles. The van der Waals surface area contributed by atoms with Crippen LogP contribution in [0.3, 0.4) is 0 Å². The Balaban J connectivity index is 2.20. The molecular weight excluding hydrogens is 176 g/mol. The van der Waals surface area contributed by atoms with Crippen molar-refractivity contribution in [3.05, 3.63) is 0 Å². The maximum atomic E-state index is 11.3. The predicted molar refractivity (Wildman–Crippen MR) is 56.3 cm³/mol. The average molecular weight is 194 g/mol. The van der Waals surface area contributed by atoms with Crippen LogP contribution in [-0.2, 0) is 4.79 Å². The third kappa shape index (κ3) is 2.74. The van der Waals surface area contributed by atoms with Crippen molar-refractivity contribution in [1.29, 1.82) is 0 Å². The van der Waals surface area contributed by atoms with Crippen molar-refractivity contribution in [2.45, 2.75) is 32.7 Å². The summed E-state index contributed by atoms with van der Waals surface area (Å²) < 4.78 is 0. The van der Waals surface area contributed by atoms with Crippen LogP contribution in [-0.4, -0.2) is 18.5 Å². The van der Waals surface area contributed by atoms with Gasteiger partial charge in [0.2, 0.25) is 5.91 Å². The monoisotopic (exact) mass is 194 g/mol. The van der Waals surface area contributed by atoms with Crippen LogP contribution in [0.5, 0.6) is 0 Å². The highest BCUT2D eigenvalue weighted by molar-refractivity contribution is 5.81. The van der Waals surface area contributed by atoms with Crippen LogP contribution in [0.1, 0.15) is 26.7 Å². The van der Waals surface area contributed by atoms with Gasteiger partial charge in [-0.1, -0.05) is 13.8 Å². The summed E-state index contributed by atoms with van der Waals surface area (Å²) in [5, 5.41) is 2.83. The van der Waals surface area contributed by atoms with E-state index in [4.69, 9.17) is 12.2 Å². The molecule has 78 valence electrons. The van der Waals surface area contributed by atoms with E-state index in [1.54, 1.807) is 0 Å². The van der Waals surface area contributed by atoms with Crippen LogP contribution < -0.4 is 11.1 Å². The molecule has 1 amide bonds. The minimum atomic E-state index is -0.554. The summed E-state index contributed by atoms with van der Waals surface area (Å²) in [4.78, 5) is 11.3. The van der Waals surface area contributed by atoms with E-state index in [1.807, 2.05) is 0 Å². The van der Waals surface area contributed by atoms with Gasteiger partial charge >= 0.3 is 0 Å². The molecule has 0 aliphatic heterocycles. The predicted octanol–water partition coefficient (Wildman–Crippen LogP) is 0.499. The number of carbonyl (C=O) groups is 1. The third-order valence-corrected chi connectivity index (χ3v) is 2.91. The lowest BCUT2D eigenvalue weighted by Crippen LogP contribution is -2.41. The lowest BCUT2D eigenvalue weighted by molar-refractivity contribution is -0.122. The molecule has 0 aromatic heterocycles. The largest absolute Gasteiger partial charge is 0.354 e. The molecule has 1 aliphatic rings. The van der Waals surface area contributed by atoms with E-state index in [1.165, 1.54) is 6.42 Å². The summed E-state index contributed by atoms with van der Waals surface area (Å²) in [6, 6.07) is -0.554. The van der Waals surface area contributed by atoms with E-state index < -0.39 is 6.04 Å². The second kappa shape index (κ2) is 4.02. The molecule has 1 rings (SSSR count). The number of hydrogen-bond acceptors (Lipinski definition) is 2. The zero-order valence-corrected chi connectivity index (χ0v) is 8.84. The van der Waals surface area contributed by atoms with Gasteiger partial charge in [-0.15, -0.1) is 12.3 Å². The smallest absolute Gasteiger partial charge is 0.237 e. The Morgan fingerprint density at radius 1 is 1.79 bits per heavy atom. The Bertz CT molecular complexity index is 265. The molecule has 14 heavy (non-hydrogen) atoms. The van der Waals surface area contributed by atoms with Gasteiger partial charge in [0, 0.05) is 13.0 Å². The van der Waals surface area contributed by atoms with Crippen molar-refractivity contribution in [2.24, 2.45) is 17.1 Å². The number of terminal acetylenes is 1. The molecule has 3 N–H and O–H groups in total. The summed E-state index contributed by atoms with van der Waals surface area (Å²) in [7, 11) is 0. The van der Waals surface area contributed by atoms with Crippen LogP contribution in [0.15, 0.2) is 0 Å². The molecular formula is C11H18N2O. The molecule has 2 unspecified atom stereocenters. The first kappa shape index (κ1) is 11.1. The van der Waals surface area contributed by atoms with E-state index in [0.29, 0.717) is 17.8 Å². The van der Waals surface area contributed by atoms with E-state index in [-0.39, 0.29) is 5.91 Å². The molecule has 1 saturated carbocycles. The van der Waals surface area contributed by atoms with Gasteiger partial charge in [0.15, 0.2) is 0 Å². The molecule has 0 bridgehead atoms. The molecule has 0 saturated heterocycles. The van der Waals surface area contributed by atoms with Gasteiger partial charge in [0.05, 0.1) is 6.04 Å². The van der Waals surface area contributed by atoms with Crippen LogP contribution in [0, 0.1) is 23.7 Å². The Morgan fingerprint density at radius 3 is 2.79 bits per heavy atom. The first-order valence-corrected chi connectivity index (χ1v) is 4.94. The highest BCUT2D eigenvalue weighted by Crippen LogP contribution is 2.50. The van der Waals surface area contributed by atoms with E-state index in [0.717, 1.165) is 6.54 Å². The van der Waals surface area contributed by atoms with Gasteiger partial charge in [-0.25, -0.2) is 0 Å². The second-order valence-electron chi connectivity index (χ2n) is 4.65. The van der Waals surface area contributed by atoms with Crippen molar-refractivity contribution in [3.8, 4) is 12.3 Å². The zero-order chi connectivity index (χ0) is 10.8. The first-order chi connectivity index (χ1) is 6.47. The Hall–Kier alpha value is -1.01. The molecule has 0 heterocycles. The molecule has 1 aliphatic carbocycles. The maximum absolute atomic E-state index is 11.3. The second-order valence-corrected chi connectivity index (χ2v) is 4.65. The summed E-state index contributed by atoms with van der Waals surface area (Å²) in [6.45, 7) is 5.13. The fraction of sp³-hybridized carbons (Fsp3) is 0.727. The van der Waals surface area contributed by atoms with Crippen LogP contribution >= 0.6 is 0 Å². The lowest BCUT2D eigenvalue weighted by atomic mass is 10.1. The highest BCUT2D eigenvalue weighted by atomic mass is 16.2. The van der Waals surface area contributed by atoms with Gasteiger partial charge in [-0.3, -0.25) is 4.79 Å². The van der Waals surface area contributed by atoms with Gasteiger partial charge in [0.25, 0.3) is 0 Å². The minimum absolute atomic E-state index is 0.134. The number of rotatable bonds is 4. The third-order valence-electron chi connectivity index (χ3n) is 2.91. The van der Waals surface area contributed by atoms with E-state index in [2.05, 4.69) is 25.1 Å². The molecule has 3 nitrogen and oxygen atoms in total. The topological polar surface area (TPSA) is 55.1 Å². The quantitative estimate of drug-likeness (QED) is 0.640. The Kier molecular flexibility index (Phi) is 3.17. The van der Waals surface area contributed by atoms with Gasteiger partial charge < -0.3 is 11.1 Å². The van der Waals surface area contributed by atoms with E-state index >= 15 is 0 Å². The lowest BCUT2D eigenvalue weighted by Gasteiger charge is -2.10. The van der Waals surface area contributed by atoms with Gasteiger partial charge in [-0.2, -0.15) is 0 Å². The molecule has 2 atom stereocenters. The Morgan fingerprint density at radius 2 is 2.36 bits per heavy atom. The van der Waals surface area contributed by atoms with Gasteiger partial charge in [-0.05, 0) is 17.8 Å². The fourth-order valence-electron chi connectivity index (χ4n) is 1.50. The first-order valence-electron chi connectivity index (χ1n) is 4.94. The normalized spacial score (nSPS) is 24.9. The summed E-state index contributed by atoms with van der Waals surface area (Å²) in [5.41, 5.74) is 5.94. The summed E-state index contributed by atoms with van der Waals surface area (Å²) >= 11 is 0. The SMILES string of the molecule is C#CCC(N)C(=O)NCC1CC1(C)C. The molecule has 0 aromatic rings. The number of hydrogen-bond donors (Lipinski definition) is 2. The Labute approximate surface area is 85.4 Å². The molecule has 1 fully saturated rings. The van der Waals surface area contributed by atoms with Crippen molar-refractivity contribution >= 4 is 5.91 Å². The fourth-order valence-corrected chi connectivity index (χ4v) is 1.50. The maximum Gasteiger partial charge on any atom is 0.237 e. The minimum Gasteiger partial charge on any atom is -0.354 e. The van der Waals surface area contributed by atoms with Crippen molar-refractivity contribution in [2.75, 3.05) is 6.54 Å². The highest BCUT2D eigenvalue weighted by Gasteiger charge is 2.45. The number of amides is 1. The summed E-state index contributed by atoms with van der Waals surface area (Å²) in [5.74, 6) is 2.85. The molecule has 0 spiro atoms. The standard InChI is InChI=1S/C11H18N2O/c1-4-5-9(12)10(14)13-7-8-6-11(8,2)3/h1,8-9H,5-7,12H2,2-3H3,(H,13,14). The van der Waals surface area contributed by atoms with Crippen molar-refractivity contribution in [1.82, 2.24) is 5.32 Å². The molecule has 3 heteroatoms. The number of nitrogens with one attached hydrogen (secondary N) is 1. The number of carbonyl (C=O) groups excluding carboxylic acids is 1.